The van der Waals surface area contributed by atoms with Crippen molar-refractivity contribution in [2.45, 2.75) is 0 Å². The van der Waals surface area contributed by atoms with Crippen LogP contribution in [0.1, 0.15) is 5.56 Å². The Morgan fingerprint density at radius 3 is 2.77 bits per heavy atom. The molecule has 1 saturated heterocycles. The highest BCUT2D eigenvalue weighted by Gasteiger charge is 2.19. The van der Waals surface area contributed by atoms with Gasteiger partial charge in [-0.05, 0) is 36.4 Å². The predicted octanol–water partition coefficient (Wildman–Crippen LogP) is 2.85. The topological polar surface area (TPSA) is 80.2 Å². The third kappa shape index (κ3) is 3.36. The van der Waals surface area contributed by atoms with Crippen LogP contribution < -0.4 is 19.9 Å². The van der Waals surface area contributed by atoms with Gasteiger partial charge in [0.15, 0.2) is 0 Å². The fraction of sp³-hybridized carbons (Fsp3) is 0.304. The van der Waals surface area contributed by atoms with Crippen molar-refractivity contribution in [1.82, 2.24) is 15.3 Å². The zero-order valence-electron chi connectivity index (χ0n) is 17.0. The van der Waals surface area contributed by atoms with Crippen LogP contribution in [0.5, 0.6) is 5.75 Å². The molecule has 2 aliphatic heterocycles. The summed E-state index contributed by atoms with van der Waals surface area (Å²) in [6.07, 6.45) is 1.82. The molecule has 30 heavy (non-hydrogen) atoms. The molecule has 0 spiro atoms. The highest BCUT2D eigenvalue weighted by molar-refractivity contribution is 5.76. The fourth-order valence-electron chi connectivity index (χ4n) is 4.09. The number of hydrogen-bond acceptors (Lipinski definition) is 6. The Kier molecular flexibility index (Phi) is 4.77. The number of H-pyrrole nitrogens is 1. The molecule has 152 valence electrons. The summed E-state index contributed by atoms with van der Waals surface area (Å²) in [5.74, 6) is 1.81. The van der Waals surface area contributed by atoms with Gasteiger partial charge in [-0.1, -0.05) is 0 Å². The molecule has 3 aromatic rings. The van der Waals surface area contributed by atoms with Gasteiger partial charge in [-0.25, -0.2) is 0 Å². The van der Waals surface area contributed by atoms with Gasteiger partial charge in [0.05, 0.1) is 23.5 Å². The van der Waals surface area contributed by atoms with Crippen LogP contribution in [0.3, 0.4) is 0 Å². The van der Waals surface area contributed by atoms with Gasteiger partial charge in [0.25, 0.3) is 0 Å². The van der Waals surface area contributed by atoms with Crippen LogP contribution in [-0.2, 0) is 0 Å². The zero-order valence-corrected chi connectivity index (χ0v) is 17.0. The van der Waals surface area contributed by atoms with E-state index in [-0.39, 0.29) is 0 Å². The first-order chi connectivity index (χ1) is 14.7. The summed E-state index contributed by atoms with van der Waals surface area (Å²) in [7, 11) is 2.08. The summed E-state index contributed by atoms with van der Waals surface area (Å²) in [5.41, 5.74) is 5.65. The summed E-state index contributed by atoms with van der Waals surface area (Å²) >= 11 is 0. The van der Waals surface area contributed by atoms with Crippen LogP contribution in [0.25, 0.3) is 22.5 Å². The lowest BCUT2D eigenvalue weighted by molar-refractivity contribution is 0.311. The highest BCUT2D eigenvalue weighted by atomic mass is 16.5. The lowest BCUT2D eigenvalue weighted by Gasteiger charge is -2.28. The largest absolute Gasteiger partial charge is 0.490 e. The Morgan fingerprint density at radius 2 is 1.93 bits per heavy atom. The minimum atomic E-state index is 0.679. The SMILES string of the molecule is CN1CCOc2ccc(-c3cc(-c4cc(C#N)c(N5CCNCC5)[nH]4)ccn3)cc21. The third-order valence-electron chi connectivity index (χ3n) is 5.77. The number of anilines is 2. The molecule has 0 saturated carbocycles. The summed E-state index contributed by atoms with van der Waals surface area (Å²) in [6, 6.07) is 14.5. The first-order valence-corrected chi connectivity index (χ1v) is 10.3. The molecule has 4 heterocycles. The molecule has 1 aromatic carbocycles. The van der Waals surface area contributed by atoms with Gasteiger partial charge in [-0.2, -0.15) is 5.26 Å². The van der Waals surface area contributed by atoms with E-state index in [1.807, 2.05) is 30.5 Å². The predicted molar refractivity (Wildman–Crippen MR) is 118 cm³/mol. The van der Waals surface area contributed by atoms with Crippen molar-refractivity contribution in [3.8, 4) is 34.3 Å². The summed E-state index contributed by atoms with van der Waals surface area (Å²) in [5, 5.41) is 13.0. The van der Waals surface area contributed by atoms with E-state index in [4.69, 9.17) is 4.74 Å². The second-order valence-electron chi connectivity index (χ2n) is 7.68. The van der Waals surface area contributed by atoms with Crippen molar-refractivity contribution in [2.24, 2.45) is 0 Å². The number of aromatic amines is 1. The first-order valence-electron chi connectivity index (χ1n) is 10.3. The average molecular weight is 400 g/mol. The number of fused-ring (bicyclic) bond motifs is 1. The van der Waals surface area contributed by atoms with Crippen molar-refractivity contribution >= 4 is 11.5 Å². The molecule has 0 amide bonds. The Hall–Kier alpha value is -3.50. The van der Waals surface area contributed by atoms with Gasteiger partial charge in [-0.3, -0.25) is 4.98 Å². The molecule has 0 bridgehead atoms. The maximum absolute atomic E-state index is 9.64. The Labute approximate surface area is 175 Å². The van der Waals surface area contributed by atoms with Crippen LogP contribution in [0, 0.1) is 11.3 Å². The number of benzene rings is 1. The van der Waals surface area contributed by atoms with E-state index in [1.165, 1.54) is 0 Å². The smallest absolute Gasteiger partial charge is 0.142 e. The van der Waals surface area contributed by atoms with E-state index >= 15 is 0 Å². The number of nitrogens with zero attached hydrogens (tertiary/aromatic N) is 4. The number of nitriles is 1. The molecular weight excluding hydrogens is 376 g/mol. The average Bonchev–Trinajstić information content (AvgIpc) is 3.24. The molecule has 7 heteroatoms. The van der Waals surface area contributed by atoms with Gasteiger partial charge in [0.2, 0.25) is 0 Å². The molecule has 0 unspecified atom stereocenters. The van der Waals surface area contributed by atoms with Crippen molar-refractivity contribution in [3.63, 3.8) is 0 Å². The van der Waals surface area contributed by atoms with Crippen LogP contribution in [0.4, 0.5) is 11.5 Å². The summed E-state index contributed by atoms with van der Waals surface area (Å²) in [4.78, 5) is 12.5. The quantitative estimate of drug-likeness (QED) is 0.704. The molecule has 0 atom stereocenters. The number of ether oxygens (including phenoxy) is 1. The van der Waals surface area contributed by atoms with Gasteiger partial charge in [0.1, 0.15) is 24.2 Å². The van der Waals surface area contributed by atoms with Crippen LogP contribution >= 0.6 is 0 Å². The number of piperazine rings is 1. The number of nitrogens with one attached hydrogen (secondary N) is 2. The third-order valence-corrected chi connectivity index (χ3v) is 5.77. The highest BCUT2D eigenvalue weighted by Crippen LogP contribution is 2.35. The van der Waals surface area contributed by atoms with Crippen molar-refractivity contribution < 1.29 is 4.74 Å². The number of hydrogen-bond donors (Lipinski definition) is 2. The second-order valence-corrected chi connectivity index (χ2v) is 7.68. The minimum absolute atomic E-state index is 0.679. The maximum atomic E-state index is 9.64. The first kappa shape index (κ1) is 18.5. The molecular formula is C23H24N6O. The van der Waals surface area contributed by atoms with E-state index in [9.17, 15) is 5.26 Å². The molecule has 0 radical (unpaired) electrons. The molecule has 7 nitrogen and oxygen atoms in total. The second kappa shape index (κ2) is 7.73. The van der Waals surface area contributed by atoms with E-state index in [0.29, 0.717) is 12.2 Å². The molecule has 0 aliphatic carbocycles. The summed E-state index contributed by atoms with van der Waals surface area (Å²) < 4.78 is 5.76. The molecule has 2 aliphatic rings. The fourth-order valence-corrected chi connectivity index (χ4v) is 4.09. The normalized spacial score (nSPS) is 16.0. The van der Waals surface area contributed by atoms with Gasteiger partial charge in [-0.15, -0.1) is 0 Å². The molecule has 1 fully saturated rings. The van der Waals surface area contributed by atoms with Gasteiger partial charge >= 0.3 is 0 Å². The zero-order chi connectivity index (χ0) is 20.5. The van der Waals surface area contributed by atoms with Gasteiger partial charge in [0, 0.05) is 56.2 Å². The Bertz CT molecular complexity index is 1110. The van der Waals surface area contributed by atoms with Gasteiger partial charge < -0.3 is 24.8 Å². The van der Waals surface area contributed by atoms with Crippen molar-refractivity contribution in [2.75, 3.05) is 56.2 Å². The molecule has 2 N–H and O–H groups in total. The Morgan fingerprint density at radius 1 is 1.07 bits per heavy atom. The number of likely N-dealkylation sites (N-methyl/N-ethyl adjacent to an activating group) is 1. The number of pyridine rings is 1. The van der Waals surface area contributed by atoms with E-state index in [0.717, 1.165) is 72.5 Å². The van der Waals surface area contributed by atoms with Crippen LogP contribution in [-0.4, -0.2) is 56.3 Å². The lowest BCUT2D eigenvalue weighted by atomic mass is 10.1. The van der Waals surface area contributed by atoms with Crippen molar-refractivity contribution in [1.29, 1.82) is 5.26 Å². The van der Waals surface area contributed by atoms with Crippen molar-refractivity contribution in [3.05, 3.63) is 48.2 Å². The molecule has 2 aromatic heterocycles. The lowest BCUT2D eigenvalue weighted by Crippen LogP contribution is -2.44. The van der Waals surface area contributed by atoms with Crippen LogP contribution in [0.15, 0.2) is 42.6 Å². The minimum Gasteiger partial charge on any atom is -0.490 e. The standard InChI is InChI=1S/C23H24N6O/c1-28-10-11-30-22-3-2-16(14-21(22)28)19-12-17(4-5-26-19)20-13-18(15-24)23(27-20)29-8-6-25-7-9-29/h2-5,12-14,25,27H,6-11H2,1H3. The van der Waals surface area contributed by atoms with Crippen LogP contribution in [0.2, 0.25) is 0 Å². The Balaban J connectivity index is 1.49. The number of rotatable bonds is 3. The van der Waals surface area contributed by atoms with E-state index in [1.54, 1.807) is 0 Å². The van der Waals surface area contributed by atoms with E-state index < -0.39 is 0 Å². The van der Waals surface area contributed by atoms with E-state index in [2.05, 4.69) is 50.3 Å². The summed E-state index contributed by atoms with van der Waals surface area (Å²) in [6.45, 7) is 5.21. The molecule has 5 rings (SSSR count). The maximum Gasteiger partial charge on any atom is 0.142 e. The number of aromatic nitrogens is 2. The monoisotopic (exact) mass is 400 g/mol.